The summed E-state index contributed by atoms with van der Waals surface area (Å²) in [6.45, 7) is 9.47. The van der Waals surface area contributed by atoms with Gasteiger partial charge in [0, 0.05) is 0 Å². The number of imide groups is 1. The van der Waals surface area contributed by atoms with Crippen LogP contribution in [0, 0.1) is 52.3 Å². The molecule has 5 fully saturated rings. The second-order valence-corrected chi connectivity index (χ2v) is 13.9. The van der Waals surface area contributed by atoms with Crippen molar-refractivity contribution < 1.29 is 19.8 Å². The summed E-state index contributed by atoms with van der Waals surface area (Å²) in [6, 6.07) is 0. The zero-order valence-corrected chi connectivity index (χ0v) is 21.6. The second-order valence-electron chi connectivity index (χ2n) is 12.7. The van der Waals surface area contributed by atoms with Gasteiger partial charge in [0.1, 0.15) is 0 Å². The Morgan fingerprint density at radius 1 is 1.03 bits per heavy atom. The molecule has 5 unspecified atom stereocenters. The second kappa shape index (κ2) is 8.51. The number of aliphatic hydroxyl groups is 2. The van der Waals surface area contributed by atoms with Gasteiger partial charge >= 0.3 is 0 Å². The van der Waals surface area contributed by atoms with Crippen molar-refractivity contribution >= 4 is 22.9 Å². The first-order valence-electron chi connectivity index (χ1n) is 13.5. The van der Waals surface area contributed by atoms with Crippen LogP contribution in [0.3, 0.4) is 0 Å². The fourth-order valence-electron chi connectivity index (χ4n) is 9.98. The highest BCUT2D eigenvalue weighted by Crippen LogP contribution is 2.69. The van der Waals surface area contributed by atoms with E-state index in [-0.39, 0.29) is 45.4 Å². The zero-order chi connectivity index (χ0) is 23.7. The Labute approximate surface area is 203 Å². The van der Waals surface area contributed by atoms with Gasteiger partial charge in [-0.25, -0.2) is 0 Å². The van der Waals surface area contributed by atoms with Crippen molar-refractivity contribution in [2.75, 3.05) is 0 Å². The first-order chi connectivity index (χ1) is 15.6. The summed E-state index contributed by atoms with van der Waals surface area (Å²) >= 11 is 1.16. The summed E-state index contributed by atoms with van der Waals surface area (Å²) in [4.78, 5) is 23.9. The van der Waals surface area contributed by atoms with Crippen molar-refractivity contribution in [2.24, 2.45) is 52.3 Å². The van der Waals surface area contributed by atoms with Gasteiger partial charge in [-0.1, -0.05) is 45.9 Å². The topological polar surface area (TPSA) is 86.6 Å². The molecule has 4 saturated carbocycles. The number of carbonyl (C=O) groups excluding carboxylic acids is 2. The van der Waals surface area contributed by atoms with Crippen molar-refractivity contribution in [1.29, 1.82) is 0 Å². The highest BCUT2D eigenvalue weighted by Gasteiger charge is 2.65. The fraction of sp³-hybridized carbons (Fsp3) is 0.926. The number of amides is 2. The molecule has 0 spiro atoms. The molecule has 0 bridgehead atoms. The number of aliphatic hydroxyl groups excluding tert-OH is 2. The summed E-state index contributed by atoms with van der Waals surface area (Å²) in [7, 11) is 0. The summed E-state index contributed by atoms with van der Waals surface area (Å²) in [6.07, 6.45) is 8.85. The molecule has 0 aromatic rings. The molecule has 186 valence electrons. The van der Waals surface area contributed by atoms with Gasteiger partial charge in [-0.05, 0) is 104 Å². The van der Waals surface area contributed by atoms with Crippen LogP contribution in [0.4, 0.5) is 4.79 Å². The molecule has 0 radical (unpaired) electrons. The average Bonchev–Trinajstić information content (AvgIpc) is 3.27. The molecule has 0 aromatic carbocycles. The van der Waals surface area contributed by atoms with E-state index in [2.05, 4.69) is 33.0 Å². The number of hydrogen-bond acceptors (Lipinski definition) is 5. The van der Waals surface area contributed by atoms with Gasteiger partial charge in [0.05, 0.1) is 17.5 Å². The molecule has 5 aliphatic rings. The number of thioether (sulfide) groups is 1. The van der Waals surface area contributed by atoms with Gasteiger partial charge in [0.2, 0.25) is 5.91 Å². The smallest absolute Gasteiger partial charge is 0.286 e. The van der Waals surface area contributed by atoms with Gasteiger partial charge in [-0.2, -0.15) is 0 Å². The zero-order valence-electron chi connectivity index (χ0n) is 20.8. The molecule has 1 saturated heterocycles. The predicted molar refractivity (Wildman–Crippen MR) is 130 cm³/mol. The molecule has 4 aliphatic carbocycles. The van der Waals surface area contributed by atoms with Crippen molar-refractivity contribution in [3.63, 3.8) is 0 Å². The number of rotatable bonds is 4. The third kappa shape index (κ3) is 3.64. The summed E-state index contributed by atoms with van der Waals surface area (Å²) in [5, 5.41) is 24.3. The third-order valence-corrected chi connectivity index (χ3v) is 12.5. The molecule has 2 amide bonds. The standard InChI is InChI=1S/C27H43NO4S/c1-5-16-20-13-15(29)8-10-27(20,4)19-9-11-26(3)17(6-7-18(26)22(19)23(16)30)14(2)12-21-24(31)28-25(32)33-21/h14-23,29-30H,5-13H2,1-4H3,(H,28,31,32)/t14-,15-,16-,17?,18?,19?,20+,21?,22?,23-,26-,27-/m1/s1. The lowest BCUT2D eigenvalue weighted by Gasteiger charge is -2.64. The van der Waals surface area contributed by atoms with E-state index in [9.17, 15) is 19.8 Å². The third-order valence-electron chi connectivity index (χ3n) is 11.5. The van der Waals surface area contributed by atoms with E-state index in [0.717, 1.165) is 43.9 Å². The molecule has 3 N–H and O–H groups in total. The largest absolute Gasteiger partial charge is 0.393 e. The van der Waals surface area contributed by atoms with Crippen molar-refractivity contribution in [3.8, 4) is 0 Å². The van der Waals surface area contributed by atoms with Crippen molar-refractivity contribution in [1.82, 2.24) is 5.32 Å². The fourth-order valence-corrected chi connectivity index (χ4v) is 11.0. The lowest BCUT2D eigenvalue weighted by Crippen LogP contribution is -2.62. The monoisotopic (exact) mass is 477 g/mol. The molecular formula is C27H43NO4S. The molecule has 5 rings (SSSR count). The highest BCUT2D eigenvalue weighted by atomic mass is 32.2. The van der Waals surface area contributed by atoms with E-state index in [1.807, 2.05) is 0 Å². The van der Waals surface area contributed by atoms with Crippen LogP contribution in [0.2, 0.25) is 0 Å². The van der Waals surface area contributed by atoms with E-state index in [4.69, 9.17) is 0 Å². The van der Waals surface area contributed by atoms with Crippen LogP contribution >= 0.6 is 11.8 Å². The number of hydrogen-bond donors (Lipinski definition) is 3. The van der Waals surface area contributed by atoms with Crippen LogP contribution in [-0.2, 0) is 4.79 Å². The van der Waals surface area contributed by atoms with E-state index < -0.39 is 0 Å². The van der Waals surface area contributed by atoms with Crippen LogP contribution < -0.4 is 5.32 Å². The van der Waals surface area contributed by atoms with Crippen LogP contribution in [0.25, 0.3) is 0 Å². The van der Waals surface area contributed by atoms with Gasteiger partial charge in [0.15, 0.2) is 0 Å². The average molecular weight is 478 g/mol. The van der Waals surface area contributed by atoms with Crippen molar-refractivity contribution in [2.45, 2.75) is 103 Å². The first kappa shape index (κ1) is 24.1. The van der Waals surface area contributed by atoms with Crippen LogP contribution in [-0.4, -0.2) is 38.8 Å². The summed E-state index contributed by atoms with van der Waals surface area (Å²) in [5.41, 5.74) is 0.425. The van der Waals surface area contributed by atoms with E-state index in [1.165, 1.54) is 25.7 Å². The highest BCUT2D eigenvalue weighted by molar-refractivity contribution is 8.15. The Morgan fingerprint density at radius 3 is 2.39 bits per heavy atom. The molecule has 33 heavy (non-hydrogen) atoms. The number of fused-ring (bicyclic) bond motifs is 5. The van der Waals surface area contributed by atoms with Gasteiger partial charge in [-0.15, -0.1) is 0 Å². The van der Waals surface area contributed by atoms with Crippen LogP contribution in [0.5, 0.6) is 0 Å². The van der Waals surface area contributed by atoms with Crippen molar-refractivity contribution in [3.05, 3.63) is 0 Å². The number of carbonyl (C=O) groups is 2. The van der Waals surface area contributed by atoms with Crippen LogP contribution in [0.1, 0.15) is 85.5 Å². The quantitative estimate of drug-likeness (QED) is 0.531. The summed E-state index contributed by atoms with van der Waals surface area (Å²) in [5.74, 6) is 2.96. The maximum Gasteiger partial charge on any atom is 0.286 e. The number of nitrogens with one attached hydrogen (secondary N) is 1. The minimum absolute atomic E-state index is 0.118. The molecule has 12 atom stereocenters. The van der Waals surface area contributed by atoms with Gasteiger partial charge in [0.25, 0.3) is 5.24 Å². The lowest BCUT2D eigenvalue weighted by atomic mass is 9.41. The Balaban J connectivity index is 1.39. The molecule has 1 heterocycles. The predicted octanol–water partition coefficient (Wildman–Crippen LogP) is 4.99. The SMILES string of the molecule is CC[C@H]1[C@@H](O)C2C3CCC([C@H](C)CC4SC(=O)NC4=O)[C@@]3(C)CCC2[C@@]2(C)CC[C@@H](O)C[C@@H]12. The Hall–Kier alpha value is -0.590. The molecule has 0 aromatic heterocycles. The maximum atomic E-state index is 12.2. The van der Waals surface area contributed by atoms with E-state index in [1.54, 1.807) is 0 Å². The Kier molecular flexibility index (Phi) is 6.22. The summed E-state index contributed by atoms with van der Waals surface area (Å²) < 4.78 is 0. The molecule has 1 aliphatic heterocycles. The lowest BCUT2D eigenvalue weighted by molar-refractivity contribution is -0.203. The minimum atomic E-state index is -0.268. The molecular weight excluding hydrogens is 434 g/mol. The minimum Gasteiger partial charge on any atom is -0.393 e. The van der Waals surface area contributed by atoms with Crippen LogP contribution in [0.15, 0.2) is 0 Å². The van der Waals surface area contributed by atoms with Gasteiger partial charge < -0.3 is 10.2 Å². The maximum absolute atomic E-state index is 12.2. The Bertz CT molecular complexity index is 805. The molecule has 6 heteroatoms. The Morgan fingerprint density at radius 2 is 1.73 bits per heavy atom. The van der Waals surface area contributed by atoms with E-state index >= 15 is 0 Å². The molecule has 5 nitrogen and oxygen atoms in total. The first-order valence-corrected chi connectivity index (χ1v) is 14.4. The van der Waals surface area contributed by atoms with Gasteiger partial charge in [-0.3, -0.25) is 14.9 Å². The van der Waals surface area contributed by atoms with E-state index in [0.29, 0.717) is 35.5 Å². The normalized spacial score (nSPS) is 52.6.